The summed E-state index contributed by atoms with van der Waals surface area (Å²) >= 11 is 0. The molecule has 3 rings (SSSR count). The Kier molecular flexibility index (Phi) is 4.90. The summed E-state index contributed by atoms with van der Waals surface area (Å²) < 4.78 is 5.38. The lowest BCUT2D eigenvalue weighted by molar-refractivity contribution is 0.122. The minimum atomic E-state index is 0.453. The van der Waals surface area contributed by atoms with Crippen LogP contribution in [0.1, 0.15) is 5.56 Å². The zero-order valence-electron chi connectivity index (χ0n) is 12.5. The number of benzene rings is 2. The third-order valence-corrected chi connectivity index (χ3v) is 3.77. The fraction of sp³-hybridized carbons (Fsp3) is 0.294. The van der Waals surface area contributed by atoms with Gasteiger partial charge < -0.3 is 20.2 Å². The molecule has 2 aromatic carbocycles. The standard InChI is InChI=1S/C17H21N3O2/c21-18-13-14-1-3-15(4-2-14)19-16-5-7-17(8-6-16)20-9-11-22-12-10-20/h1-8,18-19,21H,9-13H2. The molecule has 22 heavy (non-hydrogen) atoms. The van der Waals surface area contributed by atoms with Gasteiger partial charge in [-0.3, -0.25) is 0 Å². The Hall–Kier alpha value is -2.08. The lowest BCUT2D eigenvalue weighted by Gasteiger charge is -2.28. The quantitative estimate of drug-likeness (QED) is 0.741. The summed E-state index contributed by atoms with van der Waals surface area (Å²) in [5, 5.41) is 12.1. The maximum Gasteiger partial charge on any atom is 0.0642 e. The molecule has 0 radical (unpaired) electrons. The third kappa shape index (κ3) is 3.76. The lowest BCUT2D eigenvalue weighted by Crippen LogP contribution is -2.36. The molecule has 0 saturated carbocycles. The van der Waals surface area contributed by atoms with Gasteiger partial charge in [0.25, 0.3) is 0 Å². The smallest absolute Gasteiger partial charge is 0.0642 e. The summed E-state index contributed by atoms with van der Waals surface area (Å²) in [7, 11) is 0. The molecule has 0 spiro atoms. The molecule has 1 fully saturated rings. The van der Waals surface area contributed by atoms with E-state index in [1.54, 1.807) is 0 Å². The minimum Gasteiger partial charge on any atom is -0.378 e. The minimum absolute atomic E-state index is 0.453. The molecule has 3 N–H and O–H groups in total. The average molecular weight is 299 g/mol. The van der Waals surface area contributed by atoms with Gasteiger partial charge in [-0.15, -0.1) is 0 Å². The number of hydroxylamine groups is 1. The van der Waals surface area contributed by atoms with Gasteiger partial charge in [-0.25, -0.2) is 5.48 Å². The van der Waals surface area contributed by atoms with Gasteiger partial charge in [0.05, 0.1) is 13.2 Å². The van der Waals surface area contributed by atoms with Crippen LogP contribution < -0.4 is 15.7 Å². The van der Waals surface area contributed by atoms with E-state index in [0.717, 1.165) is 43.2 Å². The van der Waals surface area contributed by atoms with Crippen molar-refractivity contribution >= 4 is 17.1 Å². The molecule has 1 heterocycles. The van der Waals surface area contributed by atoms with Crippen LogP contribution in [0.2, 0.25) is 0 Å². The monoisotopic (exact) mass is 299 g/mol. The molecule has 0 atom stereocenters. The molecular weight excluding hydrogens is 278 g/mol. The molecule has 1 aliphatic rings. The van der Waals surface area contributed by atoms with Crippen molar-refractivity contribution in [2.75, 3.05) is 36.5 Å². The molecule has 5 nitrogen and oxygen atoms in total. The van der Waals surface area contributed by atoms with Crippen molar-refractivity contribution in [2.24, 2.45) is 0 Å². The van der Waals surface area contributed by atoms with Crippen LogP contribution in [0.3, 0.4) is 0 Å². The lowest BCUT2D eigenvalue weighted by atomic mass is 10.2. The van der Waals surface area contributed by atoms with E-state index in [2.05, 4.69) is 40.0 Å². The first kappa shape index (κ1) is 14.8. The van der Waals surface area contributed by atoms with Gasteiger partial charge in [-0.05, 0) is 42.0 Å². The molecule has 1 saturated heterocycles. The van der Waals surface area contributed by atoms with E-state index in [1.165, 1.54) is 5.69 Å². The predicted octanol–water partition coefficient (Wildman–Crippen LogP) is 2.75. The van der Waals surface area contributed by atoms with Gasteiger partial charge in [0.2, 0.25) is 0 Å². The first-order valence-corrected chi connectivity index (χ1v) is 7.51. The topological polar surface area (TPSA) is 56.8 Å². The molecule has 0 unspecified atom stereocenters. The molecule has 5 heteroatoms. The molecular formula is C17H21N3O2. The summed E-state index contributed by atoms with van der Waals surface area (Å²) in [6, 6.07) is 16.4. The van der Waals surface area contributed by atoms with Crippen molar-refractivity contribution in [3.8, 4) is 0 Å². The van der Waals surface area contributed by atoms with E-state index in [1.807, 2.05) is 24.3 Å². The second kappa shape index (κ2) is 7.26. The molecule has 0 aliphatic carbocycles. The Morgan fingerprint density at radius 2 is 1.50 bits per heavy atom. The Labute approximate surface area is 130 Å². The van der Waals surface area contributed by atoms with Crippen molar-refractivity contribution in [3.63, 3.8) is 0 Å². The Balaban J connectivity index is 1.62. The number of hydrogen-bond acceptors (Lipinski definition) is 5. The second-order valence-electron chi connectivity index (χ2n) is 5.30. The summed E-state index contributed by atoms with van der Waals surface area (Å²) in [5.74, 6) is 0. The van der Waals surface area contributed by atoms with E-state index in [9.17, 15) is 0 Å². The number of hydrogen-bond donors (Lipinski definition) is 3. The van der Waals surface area contributed by atoms with Gasteiger partial charge in [0.1, 0.15) is 0 Å². The molecule has 1 aliphatic heterocycles. The van der Waals surface area contributed by atoms with Gasteiger partial charge in [0.15, 0.2) is 0 Å². The highest BCUT2D eigenvalue weighted by atomic mass is 16.5. The van der Waals surface area contributed by atoms with Gasteiger partial charge >= 0.3 is 0 Å². The predicted molar refractivity (Wildman–Crippen MR) is 87.8 cm³/mol. The largest absolute Gasteiger partial charge is 0.378 e. The first-order valence-electron chi connectivity index (χ1n) is 7.51. The Bertz CT molecular complexity index is 578. The Morgan fingerprint density at radius 3 is 2.09 bits per heavy atom. The van der Waals surface area contributed by atoms with Crippen LogP contribution in [0.15, 0.2) is 48.5 Å². The van der Waals surface area contributed by atoms with Crippen molar-refractivity contribution in [3.05, 3.63) is 54.1 Å². The highest BCUT2D eigenvalue weighted by Crippen LogP contribution is 2.22. The van der Waals surface area contributed by atoms with Crippen LogP contribution in [0, 0.1) is 0 Å². The molecule has 0 amide bonds. The van der Waals surface area contributed by atoms with Crippen LogP contribution in [0.4, 0.5) is 17.1 Å². The van der Waals surface area contributed by atoms with Crippen LogP contribution in [-0.2, 0) is 11.3 Å². The number of nitrogens with one attached hydrogen (secondary N) is 2. The maximum absolute atomic E-state index is 8.68. The number of rotatable bonds is 5. The van der Waals surface area contributed by atoms with Crippen LogP contribution in [0.5, 0.6) is 0 Å². The normalized spacial score (nSPS) is 14.9. The number of morpholine rings is 1. The summed E-state index contributed by atoms with van der Waals surface area (Å²) in [6.07, 6.45) is 0. The summed E-state index contributed by atoms with van der Waals surface area (Å²) in [6.45, 7) is 3.96. The van der Waals surface area contributed by atoms with Crippen molar-refractivity contribution < 1.29 is 9.94 Å². The molecule has 0 aromatic heterocycles. The Morgan fingerprint density at radius 1 is 0.909 bits per heavy atom. The van der Waals surface area contributed by atoms with E-state index in [0.29, 0.717) is 6.54 Å². The molecule has 0 bridgehead atoms. The molecule has 116 valence electrons. The van der Waals surface area contributed by atoms with Gasteiger partial charge in [0, 0.05) is 36.7 Å². The highest BCUT2D eigenvalue weighted by molar-refractivity contribution is 5.63. The first-order chi connectivity index (χ1) is 10.8. The fourth-order valence-electron chi connectivity index (χ4n) is 2.54. The van der Waals surface area contributed by atoms with Crippen molar-refractivity contribution in [1.82, 2.24) is 5.48 Å². The SMILES string of the molecule is ONCc1ccc(Nc2ccc(N3CCOCC3)cc2)cc1. The number of nitrogens with zero attached hydrogens (tertiary/aromatic N) is 1. The zero-order valence-corrected chi connectivity index (χ0v) is 12.5. The number of ether oxygens (including phenoxy) is 1. The summed E-state index contributed by atoms with van der Waals surface area (Å²) in [4.78, 5) is 2.34. The zero-order chi connectivity index (χ0) is 15.2. The van der Waals surface area contributed by atoms with E-state index < -0.39 is 0 Å². The highest BCUT2D eigenvalue weighted by Gasteiger charge is 2.10. The average Bonchev–Trinajstić information content (AvgIpc) is 2.58. The third-order valence-electron chi connectivity index (χ3n) is 3.77. The van der Waals surface area contributed by atoms with E-state index >= 15 is 0 Å². The van der Waals surface area contributed by atoms with Crippen molar-refractivity contribution in [1.29, 1.82) is 0 Å². The van der Waals surface area contributed by atoms with E-state index in [-0.39, 0.29) is 0 Å². The van der Waals surface area contributed by atoms with Gasteiger partial charge in [-0.2, -0.15) is 0 Å². The van der Waals surface area contributed by atoms with Crippen LogP contribution in [0.25, 0.3) is 0 Å². The van der Waals surface area contributed by atoms with E-state index in [4.69, 9.17) is 9.94 Å². The van der Waals surface area contributed by atoms with Crippen LogP contribution in [-0.4, -0.2) is 31.5 Å². The van der Waals surface area contributed by atoms with Crippen LogP contribution >= 0.6 is 0 Å². The summed E-state index contributed by atoms with van der Waals surface area (Å²) in [5.41, 5.74) is 6.52. The number of anilines is 3. The molecule has 2 aromatic rings. The fourth-order valence-corrected chi connectivity index (χ4v) is 2.54. The van der Waals surface area contributed by atoms with Crippen molar-refractivity contribution in [2.45, 2.75) is 6.54 Å². The van der Waals surface area contributed by atoms with Gasteiger partial charge in [-0.1, -0.05) is 12.1 Å². The maximum atomic E-state index is 8.68. The second-order valence-corrected chi connectivity index (χ2v) is 5.30.